The van der Waals surface area contributed by atoms with Crippen molar-refractivity contribution in [2.24, 2.45) is 23.3 Å². The van der Waals surface area contributed by atoms with Crippen LogP contribution in [0.1, 0.15) is 198 Å². The van der Waals surface area contributed by atoms with E-state index in [1.807, 2.05) is 13.8 Å². The zero-order chi connectivity index (χ0) is 90.7. The van der Waals surface area contributed by atoms with E-state index in [1.54, 1.807) is 105 Å². The number of primary amides is 1. The van der Waals surface area contributed by atoms with Crippen molar-refractivity contribution in [3.63, 3.8) is 0 Å². The maximum atomic E-state index is 15.5. The lowest BCUT2D eigenvalue weighted by atomic mass is 9.96. The second-order valence-corrected chi connectivity index (χ2v) is 33.5. The molecule has 33 nitrogen and oxygen atoms in total. The van der Waals surface area contributed by atoms with Crippen LogP contribution in [-0.4, -0.2) is 226 Å². The predicted molar refractivity (Wildman–Crippen MR) is 468 cm³/mol. The van der Waals surface area contributed by atoms with E-state index in [9.17, 15) is 49.2 Å². The molecule has 15 unspecified atom stereocenters. The molecule has 3 heterocycles. The van der Waals surface area contributed by atoms with Crippen LogP contribution >= 0.6 is 0 Å². The van der Waals surface area contributed by atoms with Gasteiger partial charge in [-0.3, -0.25) is 62.3 Å². The minimum Gasteiger partial charge on any atom is -0.508 e. The maximum absolute atomic E-state index is 15.5. The fourth-order valence-electron chi connectivity index (χ4n) is 15.4. The molecule has 13 amide bonds. The minimum absolute atomic E-state index is 0.0348. The van der Waals surface area contributed by atoms with E-state index in [0.29, 0.717) is 35.1 Å². The first-order valence-corrected chi connectivity index (χ1v) is 44.4. The summed E-state index contributed by atoms with van der Waals surface area (Å²) in [5, 5.41) is 72.7. The number of hydrogen-bond acceptors (Lipinski definition) is 20. The van der Waals surface area contributed by atoms with Crippen molar-refractivity contribution in [1.29, 1.82) is 0 Å². The van der Waals surface area contributed by atoms with E-state index in [4.69, 9.17) is 20.9 Å². The lowest BCUT2D eigenvalue weighted by molar-refractivity contribution is -0.269. The topological polar surface area (TPSA) is 509 Å². The van der Waals surface area contributed by atoms with E-state index in [1.165, 1.54) is 67.7 Å². The minimum atomic E-state index is -2.01. The molecule has 3 aliphatic rings. The van der Waals surface area contributed by atoms with Gasteiger partial charge in [0.05, 0.1) is 19.6 Å². The van der Waals surface area contributed by atoms with Crippen LogP contribution in [0.3, 0.4) is 0 Å². The van der Waals surface area contributed by atoms with Gasteiger partial charge in [-0.15, -0.1) is 0 Å². The number of aliphatic hydroxyl groups is 3. The summed E-state index contributed by atoms with van der Waals surface area (Å²) in [5.41, 5.74) is 13.7. The molecule has 33 heteroatoms. The number of nitrogens with zero attached hydrogens (tertiary/aromatic N) is 1. The SMILES string of the molecule is CCCCCCCC/C=C\CCCCCCCC(=O)NC1C(OCCNC(=O)CC2NC(=O)C(Cc3ccccc3)NC(=O)C(Cc3ccccc3)NC(=O)C3CCCN3C(=O)C(Cc3ccccc3)NC(=O)C(CC(C)C)NC(=O)C(CCCN)NC(=O)C(C(C)C)NC(=O)C(Cc3ccc(O)cc3)NC(=O)C(CCC(N)=O)NC2=O)OC(CO)C(O)C1O. The number of amides is 13. The van der Waals surface area contributed by atoms with Gasteiger partial charge in [0.25, 0.3) is 0 Å². The van der Waals surface area contributed by atoms with Gasteiger partial charge in [0.2, 0.25) is 76.8 Å². The number of phenolic OH excluding ortho intramolecular Hbond substituents is 1. The van der Waals surface area contributed by atoms with Gasteiger partial charge >= 0.3 is 0 Å². The van der Waals surface area contributed by atoms with Gasteiger partial charge in [0.1, 0.15) is 90.5 Å². The Kier molecular flexibility index (Phi) is 44.0. The highest BCUT2D eigenvalue weighted by atomic mass is 16.7. The highest BCUT2D eigenvalue weighted by Crippen LogP contribution is 2.26. The number of aliphatic hydroxyl groups excluding tert-OH is 3. The summed E-state index contributed by atoms with van der Waals surface area (Å²) in [6.45, 7) is 7.54. The molecule has 686 valence electrons. The van der Waals surface area contributed by atoms with Crippen molar-refractivity contribution in [3.05, 3.63) is 150 Å². The fourth-order valence-corrected chi connectivity index (χ4v) is 15.4. The third kappa shape index (κ3) is 35.0. The van der Waals surface area contributed by atoms with Gasteiger partial charge in [0, 0.05) is 51.6 Å². The summed E-state index contributed by atoms with van der Waals surface area (Å²) in [4.78, 5) is 194. The van der Waals surface area contributed by atoms with Crippen LogP contribution < -0.4 is 70.0 Å². The second-order valence-electron chi connectivity index (χ2n) is 33.5. The van der Waals surface area contributed by atoms with Crippen molar-refractivity contribution >= 4 is 76.8 Å². The maximum Gasteiger partial charge on any atom is 0.246 e. The van der Waals surface area contributed by atoms with Crippen LogP contribution in [0.25, 0.3) is 0 Å². The van der Waals surface area contributed by atoms with Crippen molar-refractivity contribution in [1.82, 2.24) is 63.4 Å². The van der Waals surface area contributed by atoms with Crippen LogP contribution in [0, 0.1) is 11.8 Å². The fraction of sp³-hybridized carbons (Fsp3) is 0.576. The third-order valence-electron chi connectivity index (χ3n) is 22.4. The van der Waals surface area contributed by atoms with E-state index in [0.717, 1.165) is 38.5 Å². The van der Waals surface area contributed by atoms with Gasteiger partial charge in [-0.2, -0.15) is 0 Å². The van der Waals surface area contributed by atoms with E-state index in [2.05, 4.69) is 77.6 Å². The average molecular weight is 1740 g/mol. The summed E-state index contributed by atoms with van der Waals surface area (Å²) >= 11 is 0. The monoisotopic (exact) mass is 1740 g/mol. The molecular formula is C92H134N14O19. The number of nitrogens with one attached hydrogen (secondary N) is 11. The molecule has 0 radical (unpaired) electrons. The largest absolute Gasteiger partial charge is 0.508 e. The van der Waals surface area contributed by atoms with Gasteiger partial charge in [-0.1, -0.05) is 201 Å². The lowest BCUT2D eigenvalue weighted by Crippen LogP contribution is -2.64. The number of carbonyl (C=O) groups is 13. The number of nitrogens with two attached hydrogens (primary N) is 2. The van der Waals surface area contributed by atoms with Crippen LogP contribution in [0.4, 0.5) is 0 Å². The number of carbonyl (C=O) groups excluding carboxylic acids is 13. The summed E-state index contributed by atoms with van der Waals surface area (Å²) in [6.07, 6.45) is 9.58. The number of unbranched alkanes of at least 4 members (excludes halogenated alkanes) is 11. The summed E-state index contributed by atoms with van der Waals surface area (Å²) in [6, 6.07) is 14.4. The standard InChI is InChI=1S/C92H134N14O19/c1-6-7-8-9-10-11-12-13-14-15-16-17-18-19-29-40-76(110)104-79-81(113)80(112)74(57-107)125-92(79)124-50-48-95-77(111)56-71-87(119)96-66(45-46-75(94)109)83(115)99-70(54-63-41-43-64(108)44-42-63)88(120)105-78(59(4)5)90(122)97-65(38-30-47-93)82(114)98-67(51-58(2)3)84(116)103-72(55-62-36-27-22-28-37-62)91(123)106-49-31-39-73(106)89(121)102-69(53-61-34-25-21-26-35-61)86(118)100-68(85(117)101-71)52-60-32-23-20-24-33-60/h13-14,20-28,32-37,41-44,58-59,65-74,78-81,92,107-108,112-113H,6-12,15-19,29-31,38-40,45-57,93H2,1-5H3,(H2,94,109)(H,95,111)(H,96,119)(H,97,122)(H,98,114)(H,99,115)(H,100,118)(H,101,117)(H,102,121)(H,103,116)(H,104,110)(H,105,120)/b14-13-. The van der Waals surface area contributed by atoms with Crippen LogP contribution in [0.15, 0.2) is 127 Å². The van der Waals surface area contributed by atoms with E-state index >= 15 is 33.6 Å². The molecule has 3 fully saturated rings. The van der Waals surface area contributed by atoms with Gasteiger partial charge in [-0.25, -0.2) is 0 Å². The number of benzene rings is 4. The van der Waals surface area contributed by atoms with Crippen molar-refractivity contribution in [2.45, 2.75) is 293 Å². The molecule has 7 rings (SSSR count). The van der Waals surface area contributed by atoms with Crippen molar-refractivity contribution < 1.29 is 92.2 Å². The molecule has 0 aromatic heterocycles. The molecule has 15 atom stereocenters. The number of allylic oxidation sites excluding steroid dienone is 2. The first-order chi connectivity index (χ1) is 60.0. The van der Waals surface area contributed by atoms with Crippen LogP contribution in [-0.2, 0) is 97.5 Å². The summed E-state index contributed by atoms with van der Waals surface area (Å²) in [7, 11) is 0. The van der Waals surface area contributed by atoms with Crippen molar-refractivity contribution in [2.75, 3.05) is 32.8 Å². The number of rotatable bonds is 40. The Labute approximate surface area is 733 Å². The number of fused-ring (bicyclic) bond motifs is 1. The highest BCUT2D eigenvalue weighted by Gasteiger charge is 2.47. The van der Waals surface area contributed by atoms with Crippen LogP contribution in [0.2, 0.25) is 0 Å². The van der Waals surface area contributed by atoms with E-state index < -0.39 is 213 Å². The zero-order valence-electron chi connectivity index (χ0n) is 72.9. The van der Waals surface area contributed by atoms with Gasteiger partial charge in [-0.05, 0) is 123 Å². The van der Waals surface area contributed by atoms with E-state index in [-0.39, 0.29) is 82.5 Å². The van der Waals surface area contributed by atoms with Crippen molar-refractivity contribution in [3.8, 4) is 5.75 Å². The Bertz CT molecular complexity index is 4110. The number of aromatic hydroxyl groups is 1. The van der Waals surface area contributed by atoms with Gasteiger partial charge in [0.15, 0.2) is 6.29 Å². The smallest absolute Gasteiger partial charge is 0.246 e. The Hall–Kier alpha value is -10.7. The highest BCUT2D eigenvalue weighted by molar-refractivity contribution is 6.01. The Morgan fingerprint density at radius 2 is 0.976 bits per heavy atom. The first kappa shape index (κ1) is 101. The molecule has 0 bridgehead atoms. The zero-order valence-corrected chi connectivity index (χ0v) is 72.9. The molecule has 0 aliphatic carbocycles. The molecule has 3 saturated heterocycles. The molecule has 0 spiro atoms. The Morgan fingerprint density at radius 1 is 0.520 bits per heavy atom. The number of phenols is 1. The van der Waals surface area contributed by atoms with Crippen LogP contribution in [0.5, 0.6) is 5.75 Å². The third-order valence-corrected chi connectivity index (χ3v) is 22.4. The number of hydrogen-bond donors (Lipinski definition) is 17. The number of ether oxygens (including phenoxy) is 2. The Morgan fingerprint density at radius 3 is 1.51 bits per heavy atom. The lowest BCUT2D eigenvalue weighted by Gasteiger charge is -2.42. The second kappa shape index (κ2) is 54.2. The molecule has 4 aromatic carbocycles. The normalized spacial score (nSPS) is 24.5. The van der Waals surface area contributed by atoms with Gasteiger partial charge < -0.3 is 105 Å². The molecule has 4 aromatic rings. The first-order valence-electron chi connectivity index (χ1n) is 44.4. The molecule has 0 saturated carbocycles. The quantitative estimate of drug-likeness (QED) is 0.0224. The molecule has 125 heavy (non-hydrogen) atoms. The predicted octanol–water partition coefficient (Wildman–Crippen LogP) is 3.22. The molecule has 3 aliphatic heterocycles. The summed E-state index contributed by atoms with van der Waals surface area (Å²) < 4.78 is 11.9. The molecule has 19 N–H and O–H groups in total. The average Bonchev–Trinajstić information content (AvgIpc) is 1.79. The molecular weight excluding hydrogens is 1610 g/mol. The Balaban J connectivity index is 1.23. The summed E-state index contributed by atoms with van der Waals surface area (Å²) in [5.74, 6) is -12.8.